The first-order valence-electron chi connectivity index (χ1n) is 2.77. The second kappa shape index (κ2) is 2.87. The van der Waals surface area contributed by atoms with Crippen molar-refractivity contribution < 1.29 is 4.79 Å². The van der Waals surface area contributed by atoms with E-state index in [4.69, 9.17) is 5.53 Å². The molecule has 0 bridgehead atoms. The van der Waals surface area contributed by atoms with Gasteiger partial charge in [-0.25, -0.2) is 0 Å². The minimum absolute atomic E-state index is 0.450. The van der Waals surface area contributed by atoms with Crippen LogP contribution in [0.5, 0.6) is 0 Å². The molecule has 3 nitrogen and oxygen atoms in total. The fourth-order valence-corrected chi connectivity index (χ4v) is 0.620. The van der Waals surface area contributed by atoms with Crippen LogP contribution in [0.15, 0.2) is 29.4 Å². The Bertz CT molecular complexity index is 213. The van der Waals surface area contributed by atoms with Crippen LogP contribution in [-0.4, -0.2) is 6.29 Å². The van der Waals surface area contributed by atoms with Gasteiger partial charge in [-0.1, -0.05) is 0 Å². The van der Waals surface area contributed by atoms with E-state index in [1.807, 2.05) is 0 Å². The van der Waals surface area contributed by atoms with Gasteiger partial charge in [0.15, 0.2) is 0 Å². The summed E-state index contributed by atoms with van der Waals surface area (Å²) in [4.78, 5) is 10.1. The van der Waals surface area contributed by atoms with Gasteiger partial charge in [0.1, 0.15) is 6.29 Å². The van der Waals surface area contributed by atoms with E-state index in [0.29, 0.717) is 11.3 Å². The van der Waals surface area contributed by atoms with Gasteiger partial charge in [0, 0.05) is 11.3 Å². The summed E-state index contributed by atoms with van der Waals surface area (Å²) < 4.78 is 0. The van der Waals surface area contributed by atoms with Crippen LogP contribution in [0.3, 0.4) is 0 Å². The van der Waals surface area contributed by atoms with Gasteiger partial charge < -0.3 is 10.6 Å². The molecule has 10 heavy (non-hydrogen) atoms. The van der Waals surface area contributed by atoms with E-state index in [1.165, 1.54) is 0 Å². The maximum absolute atomic E-state index is 10.1. The van der Waals surface area contributed by atoms with Crippen molar-refractivity contribution in [2.24, 2.45) is 5.11 Å². The Morgan fingerprint density at radius 2 is 1.90 bits per heavy atom. The molecule has 1 aromatic rings. The number of hydrogen-bond acceptors (Lipinski definition) is 2. The highest BCUT2D eigenvalue weighted by Crippen LogP contribution is 2.10. The van der Waals surface area contributed by atoms with Gasteiger partial charge in [0.25, 0.3) is 0 Å². The Hall–Kier alpha value is -1.51. The molecule has 1 aromatic carbocycles. The molecule has 0 radical (unpaired) electrons. The highest BCUT2D eigenvalue weighted by molar-refractivity contribution is 5.75. The molecular formula is C7H5N2O-. The Balaban J connectivity index is 3.00. The number of rotatable bonds is 2. The quantitative estimate of drug-likeness (QED) is 0.450. The maximum atomic E-state index is 10.1. The summed E-state index contributed by atoms with van der Waals surface area (Å²) >= 11 is 0. The topological polar surface area (TPSA) is 51.7 Å². The molecule has 0 heterocycles. The molecule has 0 aromatic heterocycles. The van der Waals surface area contributed by atoms with Crippen molar-refractivity contribution in [1.29, 1.82) is 0 Å². The SMILES string of the molecule is [N-]=Nc1ccc(C=O)cc1. The predicted molar refractivity (Wildman–Crippen MR) is 37.3 cm³/mol. The molecule has 0 N–H and O–H groups in total. The van der Waals surface area contributed by atoms with Crippen molar-refractivity contribution in [1.82, 2.24) is 0 Å². The van der Waals surface area contributed by atoms with E-state index < -0.39 is 0 Å². The van der Waals surface area contributed by atoms with Gasteiger partial charge in [-0.15, -0.1) is 0 Å². The minimum atomic E-state index is 0.450. The fraction of sp³-hybridized carbons (Fsp3) is 0. The molecule has 0 aliphatic heterocycles. The average Bonchev–Trinajstić information content (AvgIpc) is 2.05. The van der Waals surface area contributed by atoms with E-state index in [9.17, 15) is 4.79 Å². The summed E-state index contributed by atoms with van der Waals surface area (Å²) in [5.41, 5.74) is 9.26. The first-order chi connectivity index (χ1) is 4.86. The summed E-state index contributed by atoms with van der Waals surface area (Å²) in [5.74, 6) is 0. The smallest absolute Gasteiger partial charge is 0.150 e. The Kier molecular flexibility index (Phi) is 1.89. The maximum Gasteiger partial charge on any atom is 0.150 e. The molecule has 0 atom stereocenters. The van der Waals surface area contributed by atoms with Crippen molar-refractivity contribution in [2.75, 3.05) is 0 Å². The number of hydrogen-bond donors (Lipinski definition) is 0. The van der Waals surface area contributed by atoms with Crippen molar-refractivity contribution in [2.45, 2.75) is 0 Å². The van der Waals surface area contributed by atoms with Crippen molar-refractivity contribution in [3.8, 4) is 0 Å². The molecule has 50 valence electrons. The zero-order valence-electron chi connectivity index (χ0n) is 5.19. The predicted octanol–water partition coefficient (Wildman–Crippen LogP) is 2.15. The van der Waals surface area contributed by atoms with Gasteiger partial charge in [-0.05, 0) is 24.3 Å². The van der Waals surface area contributed by atoms with Gasteiger partial charge in [-0.2, -0.15) is 0 Å². The van der Waals surface area contributed by atoms with E-state index in [-0.39, 0.29) is 0 Å². The molecule has 0 unspecified atom stereocenters. The standard InChI is InChI=1S/C7H5N2O/c8-9-7-3-1-6(5-10)2-4-7/h1-5H/q-1. The lowest BCUT2D eigenvalue weighted by molar-refractivity contribution is 0.112. The molecule has 0 aliphatic rings. The summed E-state index contributed by atoms with van der Waals surface area (Å²) in [7, 11) is 0. The normalized spacial score (nSPS) is 8.80. The number of carbonyl (C=O) groups is 1. The molecule has 0 fully saturated rings. The van der Waals surface area contributed by atoms with E-state index in [2.05, 4.69) is 5.11 Å². The van der Waals surface area contributed by atoms with Crippen LogP contribution in [0.25, 0.3) is 5.53 Å². The van der Waals surface area contributed by atoms with Gasteiger partial charge in [-0.3, -0.25) is 4.79 Å². The van der Waals surface area contributed by atoms with Crippen LogP contribution >= 0.6 is 0 Å². The van der Waals surface area contributed by atoms with Gasteiger partial charge in [0.05, 0.1) is 0 Å². The highest BCUT2D eigenvalue weighted by atomic mass is 16.1. The monoisotopic (exact) mass is 133 g/mol. The molecule has 0 spiro atoms. The van der Waals surface area contributed by atoms with Crippen LogP contribution in [-0.2, 0) is 0 Å². The third kappa shape index (κ3) is 1.25. The average molecular weight is 133 g/mol. The lowest BCUT2D eigenvalue weighted by Crippen LogP contribution is -1.74. The van der Waals surface area contributed by atoms with Crippen LogP contribution in [0.2, 0.25) is 0 Å². The molecule has 0 amide bonds. The van der Waals surface area contributed by atoms with E-state index >= 15 is 0 Å². The molecule has 1 rings (SSSR count). The lowest BCUT2D eigenvalue weighted by Gasteiger charge is -1.94. The summed E-state index contributed by atoms with van der Waals surface area (Å²) in [6, 6.07) is 6.29. The first-order valence-corrected chi connectivity index (χ1v) is 2.77. The summed E-state index contributed by atoms with van der Waals surface area (Å²) in [6.07, 6.45) is 0.737. The summed E-state index contributed by atoms with van der Waals surface area (Å²) in [5, 5.41) is 2.93. The molecule has 0 saturated carbocycles. The second-order valence-electron chi connectivity index (χ2n) is 1.81. The van der Waals surface area contributed by atoms with Crippen LogP contribution in [0.4, 0.5) is 5.69 Å². The largest absolute Gasteiger partial charge is 0.706 e. The fourth-order valence-electron chi connectivity index (χ4n) is 0.620. The number of nitrogens with zero attached hydrogens (tertiary/aromatic N) is 2. The number of benzene rings is 1. The Labute approximate surface area is 58.2 Å². The first kappa shape index (κ1) is 6.61. The zero-order valence-corrected chi connectivity index (χ0v) is 5.19. The summed E-state index contributed by atoms with van der Waals surface area (Å²) in [6.45, 7) is 0. The van der Waals surface area contributed by atoms with Gasteiger partial charge >= 0.3 is 0 Å². The van der Waals surface area contributed by atoms with Crippen molar-refractivity contribution in [3.63, 3.8) is 0 Å². The van der Waals surface area contributed by atoms with Crippen molar-refractivity contribution >= 4 is 12.0 Å². The van der Waals surface area contributed by atoms with Crippen LogP contribution in [0, 0.1) is 0 Å². The third-order valence-electron chi connectivity index (χ3n) is 1.14. The third-order valence-corrected chi connectivity index (χ3v) is 1.14. The zero-order chi connectivity index (χ0) is 7.40. The number of aldehydes is 1. The lowest BCUT2D eigenvalue weighted by atomic mass is 10.2. The van der Waals surface area contributed by atoms with Crippen LogP contribution < -0.4 is 0 Å². The second-order valence-corrected chi connectivity index (χ2v) is 1.81. The molecule has 3 heteroatoms. The van der Waals surface area contributed by atoms with Crippen molar-refractivity contribution in [3.05, 3.63) is 35.4 Å². The van der Waals surface area contributed by atoms with Gasteiger partial charge in [0.2, 0.25) is 0 Å². The Morgan fingerprint density at radius 1 is 1.30 bits per heavy atom. The molecule has 0 saturated heterocycles. The van der Waals surface area contributed by atoms with E-state index in [1.54, 1.807) is 24.3 Å². The van der Waals surface area contributed by atoms with Crippen LogP contribution in [0.1, 0.15) is 10.4 Å². The molecule has 0 aliphatic carbocycles. The minimum Gasteiger partial charge on any atom is -0.706 e. The molecular weight excluding hydrogens is 128 g/mol. The van der Waals surface area contributed by atoms with E-state index in [0.717, 1.165) is 6.29 Å². The Morgan fingerprint density at radius 3 is 2.30 bits per heavy atom. The number of carbonyl (C=O) groups excluding carboxylic acids is 1. The highest BCUT2D eigenvalue weighted by Gasteiger charge is 1.86.